The number of likely N-dealkylation sites (tertiary alicyclic amines) is 1. The average molecular weight is 443 g/mol. The highest BCUT2D eigenvalue weighted by Crippen LogP contribution is 2.38. The molecule has 2 aliphatic rings. The molecule has 1 saturated heterocycles. The largest absolute Gasteiger partial charge is 0.481 e. The summed E-state index contributed by atoms with van der Waals surface area (Å²) in [6, 6.07) is 5.46. The summed E-state index contributed by atoms with van der Waals surface area (Å²) < 4.78 is 20.1. The summed E-state index contributed by atoms with van der Waals surface area (Å²) in [5.74, 6) is 0.465. The molecule has 1 amide bonds. The number of aromatic nitrogens is 2. The second-order valence-electron chi connectivity index (χ2n) is 9.87. The van der Waals surface area contributed by atoms with Gasteiger partial charge in [0.25, 0.3) is 5.91 Å². The van der Waals surface area contributed by atoms with Crippen molar-refractivity contribution in [3.05, 3.63) is 30.2 Å². The van der Waals surface area contributed by atoms with Gasteiger partial charge in [-0.2, -0.15) is 4.98 Å². The molecule has 1 fully saturated rings. The van der Waals surface area contributed by atoms with Crippen LogP contribution in [-0.4, -0.2) is 58.6 Å². The lowest BCUT2D eigenvalue weighted by Gasteiger charge is -2.53. The third-order valence-electron chi connectivity index (χ3n) is 6.70. The molecule has 4 rings (SSSR count). The Kier molecular flexibility index (Phi) is 5.48. The second kappa shape index (κ2) is 7.88. The van der Waals surface area contributed by atoms with Crippen LogP contribution in [0.15, 0.2) is 24.4 Å². The summed E-state index contributed by atoms with van der Waals surface area (Å²) in [4.78, 5) is 24.2. The monoisotopic (exact) mass is 442 g/mol. The van der Waals surface area contributed by atoms with E-state index >= 15 is 0 Å². The lowest BCUT2D eigenvalue weighted by Crippen LogP contribution is -2.61. The quantitative estimate of drug-likeness (QED) is 0.746. The van der Waals surface area contributed by atoms with E-state index in [0.717, 1.165) is 12.8 Å². The number of ether oxygens (including phenoxy) is 1. The van der Waals surface area contributed by atoms with Gasteiger partial charge in [0.05, 0.1) is 11.9 Å². The topological polar surface area (TPSA) is 82.6 Å². The Labute approximate surface area is 188 Å². The Bertz CT molecular complexity index is 1020. The molecule has 2 aromatic rings. The molecule has 172 valence electrons. The van der Waals surface area contributed by atoms with Crippen LogP contribution in [0.3, 0.4) is 0 Å². The molecule has 1 aromatic heterocycles. The number of fused-ring (bicyclic) bond motifs is 1. The zero-order chi connectivity index (χ0) is 23.3. The second-order valence-corrected chi connectivity index (χ2v) is 9.87. The number of nitrogens with one attached hydrogen (secondary N) is 2. The van der Waals surface area contributed by atoms with Gasteiger partial charge in [0, 0.05) is 35.9 Å². The number of hydrogen-bond donors (Lipinski definition) is 2. The predicted molar refractivity (Wildman–Crippen MR) is 123 cm³/mol. The Balaban J connectivity index is 1.52. The van der Waals surface area contributed by atoms with Gasteiger partial charge >= 0.3 is 0 Å². The molecule has 0 unspecified atom stereocenters. The van der Waals surface area contributed by atoms with Crippen LogP contribution >= 0.6 is 0 Å². The molecule has 1 aromatic carbocycles. The summed E-state index contributed by atoms with van der Waals surface area (Å²) in [5, 5.41) is 6.41. The van der Waals surface area contributed by atoms with E-state index in [4.69, 9.17) is 4.74 Å². The van der Waals surface area contributed by atoms with E-state index in [0.29, 0.717) is 17.1 Å². The normalized spacial score (nSPS) is 20.5. The van der Waals surface area contributed by atoms with Gasteiger partial charge in [0.1, 0.15) is 5.75 Å². The van der Waals surface area contributed by atoms with Gasteiger partial charge in [-0.25, -0.2) is 9.37 Å². The Morgan fingerprint density at radius 1 is 1.16 bits per heavy atom. The molecule has 0 spiro atoms. The average Bonchev–Trinajstić information content (AvgIpc) is 2.71. The number of piperidine rings is 1. The first-order valence-corrected chi connectivity index (χ1v) is 10.8. The molecule has 0 bridgehead atoms. The van der Waals surface area contributed by atoms with Crippen molar-refractivity contribution in [1.29, 1.82) is 0 Å². The molecule has 8 nitrogen and oxygen atoms in total. The molecule has 0 radical (unpaired) electrons. The fraction of sp³-hybridized carbons (Fsp3) is 0.522. The minimum atomic E-state index is -0.487. The van der Waals surface area contributed by atoms with Crippen molar-refractivity contribution in [2.45, 2.75) is 57.7 Å². The molecule has 3 heterocycles. The van der Waals surface area contributed by atoms with E-state index in [1.807, 2.05) is 0 Å². The predicted octanol–water partition coefficient (Wildman–Crippen LogP) is 3.78. The molecular formula is C23H31FN6O2. The molecule has 2 N–H and O–H groups in total. The van der Waals surface area contributed by atoms with Crippen molar-refractivity contribution in [3.63, 3.8) is 0 Å². The summed E-state index contributed by atoms with van der Waals surface area (Å²) in [5.41, 5.74) is 1.33. The summed E-state index contributed by atoms with van der Waals surface area (Å²) >= 11 is 0. The third kappa shape index (κ3) is 4.21. The van der Waals surface area contributed by atoms with Gasteiger partial charge in [-0.05, 0) is 59.7 Å². The van der Waals surface area contributed by atoms with Crippen LogP contribution in [0.5, 0.6) is 5.75 Å². The van der Waals surface area contributed by atoms with Crippen LogP contribution in [0, 0.1) is 5.82 Å². The molecule has 0 aliphatic carbocycles. The van der Waals surface area contributed by atoms with Crippen molar-refractivity contribution in [1.82, 2.24) is 14.9 Å². The molecule has 2 aliphatic heterocycles. The van der Waals surface area contributed by atoms with E-state index < -0.39 is 5.82 Å². The van der Waals surface area contributed by atoms with E-state index in [9.17, 15) is 9.18 Å². The molecule has 0 saturated carbocycles. The molecule has 9 heteroatoms. The first-order chi connectivity index (χ1) is 15.0. The Hall–Kier alpha value is -2.94. The van der Waals surface area contributed by atoms with E-state index in [1.54, 1.807) is 30.1 Å². The fourth-order valence-electron chi connectivity index (χ4n) is 4.68. The third-order valence-corrected chi connectivity index (χ3v) is 6.70. The first-order valence-electron chi connectivity index (χ1n) is 10.8. The first kappa shape index (κ1) is 22.3. The van der Waals surface area contributed by atoms with Crippen molar-refractivity contribution < 1.29 is 13.9 Å². The fourth-order valence-corrected chi connectivity index (χ4v) is 4.68. The van der Waals surface area contributed by atoms with Gasteiger partial charge in [0.2, 0.25) is 5.95 Å². The van der Waals surface area contributed by atoms with Crippen LogP contribution in [-0.2, 0) is 4.79 Å². The van der Waals surface area contributed by atoms with E-state index in [2.05, 4.69) is 60.2 Å². The zero-order valence-electron chi connectivity index (χ0n) is 19.5. The summed E-state index contributed by atoms with van der Waals surface area (Å²) in [7, 11) is 3.85. The van der Waals surface area contributed by atoms with Crippen LogP contribution in [0.2, 0.25) is 0 Å². The number of benzene rings is 1. The lowest BCUT2D eigenvalue weighted by atomic mass is 9.77. The molecule has 0 atom stereocenters. The van der Waals surface area contributed by atoms with Crippen molar-refractivity contribution >= 4 is 29.0 Å². The number of hydrogen-bond acceptors (Lipinski definition) is 7. The SMILES string of the molecule is CN1C(=O)COc2cc(Nc3ncc(F)c(NC4CC(C)(C)N(C)C(C)(C)C4)n3)ccc21. The maximum atomic E-state index is 14.5. The smallest absolute Gasteiger partial charge is 0.264 e. The minimum absolute atomic E-state index is 0.00264. The highest BCUT2D eigenvalue weighted by molar-refractivity contribution is 5.97. The zero-order valence-corrected chi connectivity index (χ0v) is 19.5. The number of carbonyl (C=O) groups is 1. The number of amides is 1. The van der Waals surface area contributed by atoms with Crippen LogP contribution in [0.4, 0.5) is 27.5 Å². The minimum Gasteiger partial charge on any atom is -0.481 e. The number of anilines is 4. The Morgan fingerprint density at radius 3 is 2.53 bits per heavy atom. The summed E-state index contributed by atoms with van der Waals surface area (Å²) in [6.45, 7) is 8.81. The van der Waals surface area contributed by atoms with Gasteiger partial charge in [-0.1, -0.05) is 0 Å². The maximum Gasteiger partial charge on any atom is 0.264 e. The highest BCUT2D eigenvalue weighted by Gasteiger charge is 2.43. The molecule has 32 heavy (non-hydrogen) atoms. The van der Waals surface area contributed by atoms with Crippen LogP contribution in [0.1, 0.15) is 40.5 Å². The number of halogens is 1. The van der Waals surface area contributed by atoms with Crippen molar-refractivity contribution in [2.75, 3.05) is 36.2 Å². The van der Waals surface area contributed by atoms with Crippen molar-refractivity contribution in [2.24, 2.45) is 0 Å². The Morgan fingerprint density at radius 2 is 1.84 bits per heavy atom. The standard InChI is InChI=1S/C23H31FN6O2/c1-22(2)10-15(11-23(3,4)30(22)6)26-20-16(24)12-25-21(28-20)27-14-7-8-17-18(9-14)32-13-19(31)29(17)5/h7-9,12,15H,10-11,13H2,1-6H3,(H2,25,26,27,28). The van der Waals surface area contributed by atoms with Gasteiger partial charge < -0.3 is 20.3 Å². The lowest BCUT2D eigenvalue weighted by molar-refractivity contribution is -0.120. The number of carbonyl (C=O) groups excluding carboxylic acids is 1. The van der Waals surface area contributed by atoms with Gasteiger partial charge in [-0.3, -0.25) is 9.69 Å². The highest BCUT2D eigenvalue weighted by atomic mass is 19.1. The summed E-state index contributed by atoms with van der Waals surface area (Å²) in [6.07, 6.45) is 2.91. The van der Waals surface area contributed by atoms with Crippen LogP contribution in [0.25, 0.3) is 0 Å². The van der Waals surface area contributed by atoms with E-state index in [-0.39, 0.29) is 41.4 Å². The number of nitrogens with zero attached hydrogens (tertiary/aromatic N) is 4. The van der Waals surface area contributed by atoms with Crippen LogP contribution < -0.4 is 20.3 Å². The molecular weight excluding hydrogens is 411 g/mol. The maximum absolute atomic E-state index is 14.5. The van der Waals surface area contributed by atoms with E-state index in [1.165, 1.54) is 6.20 Å². The number of likely N-dealkylation sites (N-methyl/N-ethyl adjacent to an activating group) is 1. The number of rotatable bonds is 4. The van der Waals surface area contributed by atoms with Gasteiger partial charge in [-0.15, -0.1) is 0 Å². The van der Waals surface area contributed by atoms with Gasteiger partial charge in [0.15, 0.2) is 18.2 Å². The van der Waals surface area contributed by atoms with Crippen molar-refractivity contribution in [3.8, 4) is 5.75 Å².